The zero-order chi connectivity index (χ0) is 14.7. The quantitative estimate of drug-likeness (QED) is 0.742. The summed E-state index contributed by atoms with van der Waals surface area (Å²) in [6.45, 7) is 4.46. The van der Waals surface area contributed by atoms with E-state index in [9.17, 15) is 4.79 Å². The van der Waals surface area contributed by atoms with Gasteiger partial charge in [0, 0.05) is 17.4 Å². The Bertz CT molecular complexity index is 485. The van der Waals surface area contributed by atoms with Crippen molar-refractivity contribution in [3.8, 4) is 0 Å². The van der Waals surface area contributed by atoms with Gasteiger partial charge in [0.05, 0.1) is 5.56 Å². The number of nitrogens with one attached hydrogen (secondary N) is 1. The lowest BCUT2D eigenvalue weighted by Gasteiger charge is -2.35. The van der Waals surface area contributed by atoms with Gasteiger partial charge in [-0.2, -0.15) is 0 Å². The molecule has 1 aliphatic rings. The molecule has 0 aromatic heterocycles. The van der Waals surface area contributed by atoms with Gasteiger partial charge in [0.15, 0.2) is 0 Å². The molecular formula is C16H25N3O. The molecule has 1 aromatic rings. The van der Waals surface area contributed by atoms with Gasteiger partial charge in [-0.1, -0.05) is 26.7 Å². The Balaban J connectivity index is 2.09. The maximum absolute atomic E-state index is 12.4. The number of amides is 1. The van der Waals surface area contributed by atoms with Crippen LogP contribution in [0, 0.1) is 11.8 Å². The monoisotopic (exact) mass is 275 g/mol. The van der Waals surface area contributed by atoms with E-state index in [2.05, 4.69) is 19.2 Å². The summed E-state index contributed by atoms with van der Waals surface area (Å²) < 4.78 is 0. The summed E-state index contributed by atoms with van der Waals surface area (Å²) in [5.74, 6) is 1.06. The second kappa shape index (κ2) is 6.16. The summed E-state index contributed by atoms with van der Waals surface area (Å²) in [7, 11) is 0. The van der Waals surface area contributed by atoms with E-state index in [1.54, 1.807) is 18.2 Å². The minimum absolute atomic E-state index is 0.0833. The molecule has 4 nitrogen and oxygen atoms in total. The van der Waals surface area contributed by atoms with Gasteiger partial charge in [0.1, 0.15) is 0 Å². The van der Waals surface area contributed by atoms with Crippen molar-refractivity contribution in [3.05, 3.63) is 23.8 Å². The van der Waals surface area contributed by atoms with Gasteiger partial charge < -0.3 is 16.8 Å². The van der Waals surface area contributed by atoms with Crippen molar-refractivity contribution in [1.29, 1.82) is 0 Å². The minimum atomic E-state index is -0.0833. The average molecular weight is 275 g/mol. The lowest BCUT2D eigenvalue weighted by Crippen LogP contribution is -2.44. The Labute approximate surface area is 120 Å². The van der Waals surface area contributed by atoms with E-state index in [4.69, 9.17) is 11.5 Å². The molecule has 1 fully saturated rings. The number of hydrogen-bond acceptors (Lipinski definition) is 3. The number of nitrogen functional groups attached to an aromatic ring is 2. The van der Waals surface area contributed by atoms with Crippen LogP contribution < -0.4 is 16.8 Å². The number of nitrogens with two attached hydrogens (primary N) is 2. The van der Waals surface area contributed by atoms with Crippen molar-refractivity contribution >= 4 is 17.3 Å². The second-order valence-electron chi connectivity index (χ2n) is 6.12. The van der Waals surface area contributed by atoms with Crippen LogP contribution in [0.25, 0.3) is 0 Å². The van der Waals surface area contributed by atoms with Crippen LogP contribution in [0.2, 0.25) is 0 Å². The van der Waals surface area contributed by atoms with E-state index in [1.807, 2.05) is 0 Å². The molecule has 0 heterocycles. The van der Waals surface area contributed by atoms with Crippen LogP contribution in [0.4, 0.5) is 11.4 Å². The molecule has 1 aliphatic carbocycles. The molecule has 2 rings (SSSR count). The third-order valence-corrected chi connectivity index (χ3v) is 4.31. The van der Waals surface area contributed by atoms with Crippen molar-refractivity contribution in [3.63, 3.8) is 0 Å². The fourth-order valence-corrected chi connectivity index (χ4v) is 3.17. The van der Waals surface area contributed by atoms with Crippen molar-refractivity contribution < 1.29 is 4.79 Å². The Kier molecular flexibility index (Phi) is 4.53. The van der Waals surface area contributed by atoms with Crippen LogP contribution in [-0.2, 0) is 0 Å². The van der Waals surface area contributed by atoms with Crippen LogP contribution >= 0.6 is 0 Å². The van der Waals surface area contributed by atoms with E-state index < -0.39 is 0 Å². The first-order valence-electron chi connectivity index (χ1n) is 7.45. The van der Waals surface area contributed by atoms with Gasteiger partial charge in [-0.25, -0.2) is 0 Å². The first-order chi connectivity index (χ1) is 9.49. The number of carbonyl (C=O) groups is 1. The van der Waals surface area contributed by atoms with E-state index in [0.717, 1.165) is 6.42 Å². The SMILES string of the molecule is CC(C)C1CCCCC1NC(=O)c1ccc(N)cc1N. The Morgan fingerprint density at radius 3 is 2.60 bits per heavy atom. The smallest absolute Gasteiger partial charge is 0.253 e. The van der Waals surface area contributed by atoms with Crippen LogP contribution in [0.1, 0.15) is 49.9 Å². The van der Waals surface area contributed by atoms with Crippen LogP contribution in [0.3, 0.4) is 0 Å². The molecule has 0 spiro atoms. The van der Waals surface area contributed by atoms with Crippen molar-refractivity contribution in [2.75, 3.05) is 11.5 Å². The standard InChI is InChI=1S/C16H25N3O/c1-10(2)12-5-3-4-6-15(12)19-16(20)13-8-7-11(17)9-14(13)18/h7-10,12,15H,3-6,17-18H2,1-2H3,(H,19,20). The van der Waals surface area contributed by atoms with E-state index in [1.165, 1.54) is 19.3 Å². The molecule has 0 bridgehead atoms. The van der Waals surface area contributed by atoms with Gasteiger partial charge in [0.2, 0.25) is 0 Å². The normalized spacial score (nSPS) is 22.8. The maximum atomic E-state index is 12.4. The predicted octanol–water partition coefficient (Wildman–Crippen LogP) is 2.80. The minimum Gasteiger partial charge on any atom is -0.399 e. The topological polar surface area (TPSA) is 81.1 Å². The van der Waals surface area contributed by atoms with Crippen molar-refractivity contribution in [2.24, 2.45) is 11.8 Å². The number of rotatable bonds is 3. The largest absolute Gasteiger partial charge is 0.399 e. The van der Waals surface area contributed by atoms with Crippen LogP contribution in [-0.4, -0.2) is 11.9 Å². The van der Waals surface area contributed by atoms with Gasteiger partial charge in [-0.15, -0.1) is 0 Å². The average Bonchev–Trinajstić information content (AvgIpc) is 2.38. The van der Waals surface area contributed by atoms with Crippen LogP contribution in [0.15, 0.2) is 18.2 Å². The highest BCUT2D eigenvalue weighted by Crippen LogP contribution is 2.30. The molecular weight excluding hydrogens is 250 g/mol. The Morgan fingerprint density at radius 2 is 1.95 bits per heavy atom. The molecule has 110 valence electrons. The summed E-state index contributed by atoms with van der Waals surface area (Å²) in [5, 5.41) is 3.17. The number of hydrogen-bond donors (Lipinski definition) is 3. The zero-order valence-corrected chi connectivity index (χ0v) is 12.4. The molecule has 1 saturated carbocycles. The number of anilines is 2. The molecule has 1 amide bonds. The summed E-state index contributed by atoms with van der Waals surface area (Å²) >= 11 is 0. The van der Waals surface area contributed by atoms with Crippen LogP contribution in [0.5, 0.6) is 0 Å². The highest BCUT2D eigenvalue weighted by atomic mass is 16.1. The van der Waals surface area contributed by atoms with E-state index in [-0.39, 0.29) is 11.9 Å². The third-order valence-electron chi connectivity index (χ3n) is 4.31. The fraction of sp³-hybridized carbons (Fsp3) is 0.562. The Hall–Kier alpha value is -1.71. The molecule has 20 heavy (non-hydrogen) atoms. The molecule has 0 aliphatic heterocycles. The maximum Gasteiger partial charge on any atom is 0.253 e. The summed E-state index contributed by atoms with van der Waals surface area (Å²) in [5.41, 5.74) is 13.1. The molecule has 0 saturated heterocycles. The van der Waals surface area contributed by atoms with E-state index >= 15 is 0 Å². The van der Waals surface area contributed by atoms with Gasteiger partial charge in [-0.05, 0) is 42.9 Å². The molecule has 2 unspecified atom stereocenters. The Morgan fingerprint density at radius 1 is 1.25 bits per heavy atom. The lowest BCUT2D eigenvalue weighted by molar-refractivity contribution is 0.0890. The number of carbonyl (C=O) groups excluding carboxylic acids is 1. The third kappa shape index (κ3) is 3.24. The lowest BCUT2D eigenvalue weighted by atomic mass is 9.78. The summed E-state index contributed by atoms with van der Waals surface area (Å²) in [4.78, 5) is 12.4. The molecule has 1 aromatic carbocycles. The molecule has 2 atom stereocenters. The van der Waals surface area contributed by atoms with Gasteiger partial charge >= 0.3 is 0 Å². The number of benzene rings is 1. The first-order valence-corrected chi connectivity index (χ1v) is 7.45. The van der Waals surface area contributed by atoms with Gasteiger partial charge in [0.25, 0.3) is 5.91 Å². The van der Waals surface area contributed by atoms with Gasteiger partial charge in [-0.3, -0.25) is 4.79 Å². The van der Waals surface area contributed by atoms with E-state index in [0.29, 0.717) is 28.8 Å². The van der Waals surface area contributed by atoms with Crippen molar-refractivity contribution in [1.82, 2.24) is 5.32 Å². The predicted molar refractivity (Wildman–Crippen MR) is 83.3 cm³/mol. The zero-order valence-electron chi connectivity index (χ0n) is 12.4. The molecule has 0 radical (unpaired) electrons. The first kappa shape index (κ1) is 14.7. The van der Waals surface area contributed by atoms with Crippen molar-refractivity contribution in [2.45, 2.75) is 45.6 Å². The molecule has 5 N–H and O–H groups in total. The summed E-state index contributed by atoms with van der Waals surface area (Å²) in [6, 6.07) is 5.31. The highest BCUT2D eigenvalue weighted by Gasteiger charge is 2.29. The highest BCUT2D eigenvalue weighted by molar-refractivity contribution is 5.99. The second-order valence-corrected chi connectivity index (χ2v) is 6.12. The summed E-state index contributed by atoms with van der Waals surface area (Å²) in [6.07, 6.45) is 4.70. The fourth-order valence-electron chi connectivity index (χ4n) is 3.17. The molecule has 4 heteroatoms.